The molecule has 0 saturated heterocycles. The minimum Gasteiger partial charge on any atom is -0.479 e. The smallest absolute Gasteiger partial charge is 0.407 e. The van der Waals surface area contributed by atoms with Crippen molar-refractivity contribution in [3.8, 4) is 0 Å². The van der Waals surface area contributed by atoms with E-state index >= 15 is 0 Å². The maximum atomic E-state index is 13.1. The molecule has 0 spiro atoms. The van der Waals surface area contributed by atoms with Gasteiger partial charge in [0.15, 0.2) is 6.10 Å². The number of alkyl carbamates (subject to hydrolysis) is 1. The first-order valence-corrected chi connectivity index (χ1v) is 12.4. The van der Waals surface area contributed by atoms with Crippen LogP contribution in [-0.4, -0.2) is 51.6 Å². The second-order valence-corrected chi connectivity index (χ2v) is 11.1. The zero-order chi connectivity index (χ0) is 26.2. The average Bonchev–Trinajstić information content (AvgIpc) is 2.72. The lowest BCUT2D eigenvalue weighted by Crippen LogP contribution is -2.54. The molecule has 0 radical (unpaired) electrons. The van der Waals surface area contributed by atoms with E-state index in [1.54, 1.807) is 51.1 Å². The van der Waals surface area contributed by atoms with Gasteiger partial charge in [0.25, 0.3) is 0 Å². The van der Waals surface area contributed by atoms with Crippen LogP contribution in [0.5, 0.6) is 0 Å². The highest BCUT2D eigenvalue weighted by Crippen LogP contribution is 2.57. The van der Waals surface area contributed by atoms with Crippen molar-refractivity contribution in [1.82, 2.24) is 5.32 Å². The van der Waals surface area contributed by atoms with Crippen LogP contribution in [0.2, 0.25) is 0 Å². The first kappa shape index (κ1) is 29.6. The minimum absolute atomic E-state index is 0.0366. The molecule has 3 unspecified atom stereocenters. The lowest BCUT2D eigenvalue weighted by atomic mass is 10.1. The maximum absolute atomic E-state index is 13.1. The van der Waals surface area contributed by atoms with Crippen LogP contribution in [0, 0.1) is 5.92 Å². The number of nitrogens with one attached hydrogen (secondary N) is 1. The summed E-state index contributed by atoms with van der Waals surface area (Å²) < 4.78 is 28.4. The van der Waals surface area contributed by atoms with Crippen molar-refractivity contribution in [2.24, 2.45) is 11.7 Å². The topological polar surface area (TPSA) is 174 Å². The summed E-state index contributed by atoms with van der Waals surface area (Å²) in [7, 11) is -5.04. The summed E-state index contributed by atoms with van der Waals surface area (Å²) in [6.45, 7) is 7.78. The molecule has 1 aromatic rings. The summed E-state index contributed by atoms with van der Waals surface area (Å²) in [5.41, 5.74) is 5.99. The highest BCUT2D eigenvalue weighted by atomic mass is 31.2. The fraction of sp³-hybridized carbons (Fsp3) is 0.591. The Balaban J connectivity index is 2.83. The number of amides is 1. The van der Waals surface area contributed by atoms with Crippen molar-refractivity contribution in [2.75, 3.05) is 6.54 Å². The van der Waals surface area contributed by atoms with E-state index in [9.17, 15) is 28.9 Å². The number of aliphatic carboxylic acids is 1. The quantitative estimate of drug-likeness (QED) is 0.189. The Kier molecular flexibility index (Phi) is 10.7. The Morgan fingerprint density at radius 2 is 1.74 bits per heavy atom. The van der Waals surface area contributed by atoms with E-state index in [0.717, 1.165) is 0 Å². The first-order chi connectivity index (χ1) is 15.6. The number of carboxylic acids is 1. The summed E-state index contributed by atoms with van der Waals surface area (Å²) in [6.07, 6.45) is -2.58. The van der Waals surface area contributed by atoms with Gasteiger partial charge in [0, 0.05) is 6.54 Å². The third-order valence-corrected chi connectivity index (χ3v) is 6.92. The van der Waals surface area contributed by atoms with Crippen LogP contribution >= 0.6 is 7.60 Å². The van der Waals surface area contributed by atoms with Crippen molar-refractivity contribution in [2.45, 2.75) is 71.1 Å². The zero-order valence-electron chi connectivity index (χ0n) is 20.1. The van der Waals surface area contributed by atoms with Gasteiger partial charge in [-0.25, -0.2) is 14.4 Å². The molecule has 11 nitrogen and oxygen atoms in total. The van der Waals surface area contributed by atoms with E-state index in [2.05, 4.69) is 5.32 Å². The van der Waals surface area contributed by atoms with Crippen LogP contribution in [0.15, 0.2) is 30.3 Å². The third-order valence-electron chi connectivity index (χ3n) is 4.74. The van der Waals surface area contributed by atoms with Crippen molar-refractivity contribution < 1.29 is 42.9 Å². The van der Waals surface area contributed by atoms with Crippen LogP contribution in [0.4, 0.5) is 4.79 Å². The lowest BCUT2D eigenvalue weighted by molar-refractivity contribution is -0.152. The van der Waals surface area contributed by atoms with Gasteiger partial charge in [-0.1, -0.05) is 44.2 Å². The van der Waals surface area contributed by atoms with Crippen LogP contribution in [0.1, 0.15) is 53.0 Å². The fourth-order valence-electron chi connectivity index (χ4n) is 2.79. The highest BCUT2D eigenvalue weighted by molar-refractivity contribution is 7.55. The van der Waals surface area contributed by atoms with Gasteiger partial charge in [-0.05, 0) is 45.1 Å². The van der Waals surface area contributed by atoms with Crippen LogP contribution in [0.25, 0.3) is 0 Å². The van der Waals surface area contributed by atoms with Crippen molar-refractivity contribution in [3.05, 3.63) is 35.9 Å². The van der Waals surface area contributed by atoms with Gasteiger partial charge in [0.1, 0.15) is 12.2 Å². The number of carbonyl (C=O) groups excluding carboxylic acids is 2. The van der Waals surface area contributed by atoms with E-state index in [1.165, 1.54) is 13.8 Å². The molecule has 0 bridgehead atoms. The van der Waals surface area contributed by atoms with Gasteiger partial charge in [-0.3, -0.25) is 9.09 Å². The summed E-state index contributed by atoms with van der Waals surface area (Å²) in [5, 5.41) is 9.43. The molecule has 1 rings (SSSR count). The molecular formula is C22H35N2O9P. The molecule has 0 heterocycles. The molecule has 34 heavy (non-hydrogen) atoms. The van der Waals surface area contributed by atoms with E-state index in [1.807, 2.05) is 0 Å². The van der Waals surface area contributed by atoms with Crippen molar-refractivity contribution in [1.29, 1.82) is 0 Å². The molecule has 3 atom stereocenters. The van der Waals surface area contributed by atoms with Gasteiger partial charge >= 0.3 is 25.6 Å². The second kappa shape index (κ2) is 12.3. The van der Waals surface area contributed by atoms with Gasteiger partial charge in [0.2, 0.25) is 5.28 Å². The summed E-state index contributed by atoms with van der Waals surface area (Å²) in [5.74, 6) is -3.63. The molecule has 1 amide bonds. The Morgan fingerprint density at radius 1 is 1.15 bits per heavy atom. The monoisotopic (exact) mass is 502 g/mol. The van der Waals surface area contributed by atoms with Gasteiger partial charge < -0.3 is 30.5 Å². The van der Waals surface area contributed by atoms with E-state index in [0.29, 0.717) is 5.56 Å². The van der Waals surface area contributed by atoms with Crippen LogP contribution < -0.4 is 11.1 Å². The van der Waals surface area contributed by atoms with Crippen molar-refractivity contribution in [3.63, 3.8) is 0 Å². The zero-order valence-corrected chi connectivity index (χ0v) is 21.0. The highest BCUT2D eigenvalue weighted by Gasteiger charge is 2.57. The standard InChI is InChI=1S/C22H35N2O9P/c1-15(2)22(23,19(27)31-14-16-10-7-6-8-11-16)34(29,30)33-17(18(25)26)12-9-13-24-20(28)32-21(3,4)5/h6-8,10-11,15,17H,9,12-14,23H2,1-5H3,(H,24,28)(H,25,26)(H,29,30). The Bertz CT molecular complexity index is 886. The first-order valence-electron chi connectivity index (χ1n) is 10.8. The number of carbonyl (C=O) groups is 3. The van der Waals surface area contributed by atoms with Crippen molar-refractivity contribution >= 4 is 25.6 Å². The minimum atomic E-state index is -5.04. The molecule has 0 aliphatic heterocycles. The molecule has 12 heteroatoms. The van der Waals surface area contributed by atoms with Crippen LogP contribution in [-0.2, 0) is 34.8 Å². The predicted molar refractivity (Wildman–Crippen MR) is 124 cm³/mol. The molecule has 5 N–H and O–H groups in total. The van der Waals surface area contributed by atoms with Crippen LogP contribution in [0.3, 0.4) is 0 Å². The largest absolute Gasteiger partial charge is 0.479 e. The summed E-state index contributed by atoms with van der Waals surface area (Å²) in [6, 6.07) is 8.63. The Labute approximate surface area is 199 Å². The predicted octanol–water partition coefficient (Wildman–Crippen LogP) is 3.00. The number of nitrogens with two attached hydrogens (primary N) is 1. The van der Waals surface area contributed by atoms with E-state index < -0.39 is 48.5 Å². The van der Waals surface area contributed by atoms with E-state index in [4.69, 9.17) is 19.7 Å². The normalized spacial score (nSPS) is 16.1. The number of esters is 1. The Morgan fingerprint density at radius 3 is 2.24 bits per heavy atom. The lowest BCUT2D eigenvalue weighted by Gasteiger charge is -2.35. The fourth-order valence-corrected chi connectivity index (χ4v) is 4.45. The van der Waals surface area contributed by atoms with Gasteiger partial charge in [-0.2, -0.15) is 0 Å². The molecule has 0 saturated carbocycles. The third kappa shape index (κ3) is 8.72. The van der Waals surface area contributed by atoms with Gasteiger partial charge in [0.05, 0.1) is 0 Å². The molecule has 0 aliphatic rings. The Hall–Kier alpha value is -2.46. The molecular weight excluding hydrogens is 467 g/mol. The molecule has 0 aromatic heterocycles. The number of hydrogen-bond acceptors (Lipinski definition) is 8. The SMILES string of the molecule is CC(C)C(N)(C(=O)OCc1ccccc1)P(=O)(O)OC(CCCNC(=O)OC(C)(C)C)C(=O)O. The summed E-state index contributed by atoms with van der Waals surface area (Å²) >= 11 is 0. The molecule has 0 aliphatic carbocycles. The number of hydrogen-bond donors (Lipinski definition) is 4. The average molecular weight is 503 g/mol. The second-order valence-electron chi connectivity index (χ2n) is 9.07. The number of carboxylic acid groups (broad SMARTS) is 1. The molecule has 0 fully saturated rings. The van der Waals surface area contributed by atoms with Gasteiger partial charge in [-0.15, -0.1) is 0 Å². The summed E-state index contributed by atoms with van der Waals surface area (Å²) in [4.78, 5) is 46.7. The number of ether oxygens (including phenoxy) is 2. The number of benzene rings is 1. The molecule has 192 valence electrons. The molecule has 1 aromatic carbocycles. The maximum Gasteiger partial charge on any atom is 0.407 e. The van der Waals surface area contributed by atoms with E-state index in [-0.39, 0.29) is 26.0 Å². The number of rotatable bonds is 12.